The first-order valence-electron chi connectivity index (χ1n) is 6.00. The molecule has 3 rings (SSSR count). The van der Waals surface area contributed by atoms with Crippen molar-refractivity contribution in [3.63, 3.8) is 0 Å². The molecule has 0 unspecified atom stereocenters. The van der Waals surface area contributed by atoms with Gasteiger partial charge in [-0.25, -0.2) is 14.2 Å². The molecule has 2 amide bonds. The highest BCUT2D eigenvalue weighted by atomic mass is 35.5. The van der Waals surface area contributed by atoms with E-state index in [0.29, 0.717) is 21.4 Å². The van der Waals surface area contributed by atoms with Gasteiger partial charge in [0.2, 0.25) is 0 Å². The molecule has 3 aromatic rings. The van der Waals surface area contributed by atoms with Gasteiger partial charge in [0.05, 0.1) is 15.2 Å². The number of nitrogens with one attached hydrogen (secondary N) is 2. The predicted octanol–water partition coefficient (Wildman–Crippen LogP) is 4.73. The summed E-state index contributed by atoms with van der Waals surface area (Å²) in [5.74, 6) is -0.417. The Labute approximate surface area is 128 Å². The summed E-state index contributed by atoms with van der Waals surface area (Å²) in [6.07, 6.45) is 0. The van der Waals surface area contributed by atoms with Crippen molar-refractivity contribution >= 4 is 50.0 Å². The second kappa shape index (κ2) is 5.67. The summed E-state index contributed by atoms with van der Waals surface area (Å²) in [7, 11) is 0. The predicted molar refractivity (Wildman–Crippen MR) is 83.7 cm³/mol. The molecule has 0 aliphatic carbocycles. The van der Waals surface area contributed by atoms with Crippen LogP contribution in [0.5, 0.6) is 0 Å². The van der Waals surface area contributed by atoms with Crippen LogP contribution in [-0.2, 0) is 0 Å². The fourth-order valence-corrected chi connectivity index (χ4v) is 2.94. The van der Waals surface area contributed by atoms with E-state index in [1.54, 1.807) is 18.2 Å². The van der Waals surface area contributed by atoms with Gasteiger partial charge in [0, 0.05) is 5.69 Å². The van der Waals surface area contributed by atoms with Gasteiger partial charge in [0.1, 0.15) is 5.82 Å². The van der Waals surface area contributed by atoms with E-state index >= 15 is 0 Å². The number of nitrogens with zero attached hydrogens (tertiary/aromatic N) is 1. The fourth-order valence-electron chi connectivity index (χ4n) is 1.79. The normalized spacial score (nSPS) is 10.6. The molecule has 0 radical (unpaired) electrons. The van der Waals surface area contributed by atoms with Crippen molar-refractivity contribution in [3.05, 3.63) is 53.3 Å². The summed E-state index contributed by atoms with van der Waals surface area (Å²) in [6.45, 7) is 0. The number of rotatable bonds is 2. The Morgan fingerprint density at radius 3 is 2.76 bits per heavy atom. The molecule has 21 heavy (non-hydrogen) atoms. The molecule has 0 bridgehead atoms. The van der Waals surface area contributed by atoms with Crippen LogP contribution in [0.15, 0.2) is 42.5 Å². The SMILES string of the molecule is O=C(Nc1cccc(F)c1)Nc1nc2cccc(Cl)c2s1. The quantitative estimate of drug-likeness (QED) is 0.716. The van der Waals surface area contributed by atoms with Gasteiger partial charge in [-0.2, -0.15) is 0 Å². The average Bonchev–Trinajstić information content (AvgIpc) is 2.82. The third kappa shape index (κ3) is 3.12. The minimum absolute atomic E-state index is 0.367. The molecule has 106 valence electrons. The zero-order chi connectivity index (χ0) is 14.8. The number of hydrogen-bond donors (Lipinski definition) is 2. The van der Waals surface area contributed by atoms with E-state index in [1.165, 1.54) is 29.5 Å². The Morgan fingerprint density at radius 2 is 2.00 bits per heavy atom. The largest absolute Gasteiger partial charge is 0.325 e. The molecule has 0 saturated heterocycles. The van der Waals surface area contributed by atoms with Crippen LogP contribution in [0.1, 0.15) is 0 Å². The molecule has 0 spiro atoms. The van der Waals surface area contributed by atoms with Gasteiger partial charge < -0.3 is 5.32 Å². The number of halogens is 2. The van der Waals surface area contributed by atoms with Gasteiger partial charge in [-0.05, 0) is 30.3 Å². The van der Waals surface area contributed by atoms with Crippen LogP contribution in [0.25, 0.3) is 10.2 Å². The summed E-state index contributed by atoms with van der Waals surface area (Å²) in [6, 6.07) is 10.5. The average molecular weight is 322 g/mol. The summed E-state index contributed by atoms with van der Waals surface area (Å²) < 4.78 is 13.8. The topological polar surface area (TPSA) is 54.0 Å². The minimum Gasteiger partial charge on any atom is -0.308 e. The van der Waals surface area contributed by atoms with Gasteiger partial charge in [-0.15, -0.1) is 0 Å². The lowest BCUT2D eigenvalue weighted by atomic mass is 10.3. The molecule has 0 aliphatic rings. The molecule has 0 aliphatic heterocycles. The number of carbonyl (C=O) groups is 1. The van der Waals surface area contributed by atoms with Crippen LogP contribution in [0, 0.1) is 5.82 Å². The number of fused-ring (bicyclic) bond motifs is 1. The van der Waals surface area contributed by atoms with Crippen LogP contribution < -0.4 is 10.6 Å². The van der Waals surface area contributed by atoms with Gasteiger partial charge in [0.25, 0.3) is 0 Å². The summed E-state index contributed by atoms with van der Waals surface area (Å²) in [5.41, 5.74) is 1.08. The number of aromatic nitrogens is 1. The minimum atomic E-state index is -0.490. The van der Waals surface area contributed by atoms with Crippen LogP contribution in [0.4, 0.5) is 20.0 Å². The third-order valence-electron chi connectivity index (χ3n) is 2.67. The lowest BCUT2D eigenvalue weighted by Crippen LogP contribution is -2.19. The van der Waals surface area contributed by atoms with E-state index in [9.17, 15) is 9.18 Å². The Kier molecular flexibility index (Phi) is 3.72. The zero-order valence-corrected chi connectivity index (χ0v) is 12.1. The number of urea groups is 1. The van der Waals surface area contributed by atoms with E-state index in [1.807, 2.05) is 6.07 Å². The molecule has 4 nitrogen and oxygen atoms in total. The van der Waals surface area contributed by atoms with Crippen molar-refractivity contribution in [3.8, 4) is 0 Å². The molecule has 7 heteroatoms. The van der Waals surface area contributed by atoms with Crippen molar-refractivity contribution in [2.75, 3.05) is 10.6 Å². The maximum absolute atomic E-state index is 13.0. The summed E-state index contributed by atoms with van der Waals surface area (Å²) >= 11 is 7.33. The summed E-state index contributed by atoms with van der Waals surface area (Å²) in [5, 5.41) is 6.15. The lowest BCUT2D eigenvalue weighted by molar-refractivity contribution is 0.262. The Balaban J connectivity index is 1.75. The fraction of sp³-hybridized carbons (Fsp3) is 0. The van der Waals surface area contributed by atoms with Crippen molar-refractivity contribution in [1.82, 2.24) is 4.98 Å². The Hall–Kier alpha value is -2.18. The van der Waals surface area contributed by atoms with Crippen molar-refractivity contribution in [2.24, 2.45) is 0 Å². The van der Waals surface area contributed by atoms with Gasteiger partial charge in [0.15, 0.2) is 5.13 Å². The Morgan fingerprint density at radius 1 is 1.19 bits per heavy atom. The first-order chi connectivity index (χ1) is 10.1. The number of thiazole rings is 1. The van der Waals surface area contributed by atoms with Gasteiger partial charge in [-0.3, -0.25) is 5.32 Å². The van der Waals surface area contributed by atoms with Gasteiger partial charge in [-0.1, -0.05) is 35.1 Å². The second-order valence-corrected chi connectivity index (χ2v) is 5.60. The van der Waals surface area contributed by atoms with E-state index in [0.717, 1.165) is 4.70 Å². The highest BCUT2D eigenvalue weighted by molar-refractivity contribution is 7.23. The standard InChI is InChI=1S/C14H9ClFN3OS/c15-10-5-2-6-11-12(10)21-14(18-11)19-13(20)17-9-4-1-3-8(16)7-9/h1-7H,(H2,17,18,19,20). The zero-order valence-electron chi connectivity index (χ0n) is 10.6. The first-order valence-corrected chi connectivity index (χ1v) is 7.20. The lowest BCUT2D eigenvalue weighted by Gasteiger charge is -2.04. The van der Waals surface area contributed by atoms with E-state index in [4.69, 9.17) is 11.6 Å². The second-order valence-electron chi connectivity index (χ2n) is 4.20. The van der Waals surface area contributed by atoms with Crippen LogP contribution in [0.3, 0.4) is 0 Å². The highest BCUT2D eigenvalue weighted by Crippen LogP contribution is 2.31. The molecule has 0 fully saturated rings. The molecular weight excluding hydrogens is 313 g/mol. The number of anilines is 2. The first kappa shape index (κ1) is 13.8. The number of amides is 2. The van der Waals surface area contributed by atoms with Crippen molar-refractivity contribution in [1.29, 1.82) is 0 Å². The van der Waals surface area contributed by atoms with Crippen LogP contribution >= 0.6 is 22.9 Å². The molecule has 0 saturated carbocycles. The van der Waals surface area contributed by atoms with E-state index < -0.39 is 11.8 Å². The molecule has 2 aromatic carbocycles. The van der Waals surface area contributed by atoms with Crippen molar-refractivity contribution in [2.45, 2.75) is 0 Å². The van der Waals surface area contributed by atoms with Crippen LogP contribution in [0.2, 0.25) is 5.02 Å². The molecule has 1 aromatic heterocycles. The highest BCUT2D eigenvalue weighted by Gasteiger charge is 2.10. The maximum atomic E-state index is 13.0. The number of carbonyl (C=O) groups excluding carboxylic acids is 1. The van der Waals surface area contributed by atoms with E-state index in [2.05, 4.69) is 15.6 Å². The van der Waals surface area contributed by atoms with Gasteiger partial charge >= 0.3 is 6.03 Å². The van der Waals surface area contributed by atoms with E-state index in [-0.39, 0.29) is 0 Å². The Bertz CT molecular complexity index is 821. The molecule has 0 atom stereocenters. The third-order valence-corrected chi connectivity index (χ3v) is 4.12. The number of benzene rings is 2. The monoisotopic (exact) mass is 321 g/mol. The smallest absolute Gasteiger partial charge is 0.308 e. The van der Waals surface area contributed by atoms with Crippen LogP contribution in [-0.4, -0.2) is 11.0 Å². The molecular formula is C14H9ClFN3OS. The molecule has 1 heterocycles. The number of hydrogen-bond acceptors (Lipinski definition) is 3. The molecule has 2 N–H and O–H groups in total. The van der Waals surface area contributed by atoms with Crippen molar-refractivity contribution < 1.29 is 9.18 Å². The summed E-state index contributed by atoms with van der Waals surface area (Å²) in [4.78, 5) is 16.1. The maximum Gasteiger partial charge on any atom is 0.325 e.